The van der Waals surface area contributed by atoms with Gasteiger partial charge in [-0.2, -0.15) is 13.2 Å². The zero-order chi connectivity index (χ0) is 11.3. The highest BCUT2D eigenvalue weighted by Gasteiger charge is 2.28. The molecule has 0 aliphatic carbocycles. The Labute approximate surface area is 87.9 Å². The van der Waals surface area contributed by atoms with Crippen LogP contribution in [0.15, 0.2) is 34.3 Å². The van der Waals surface area contributed by atoms with Gasteiger partial charge in [-0.25, -0.2) is 0 Å². The van der Waals surface area contributed by atoms with E-state index in [-0.39, 0.29) is 23.2 Å². The van der Waals surface area contributed by atoms with E-state index >= 15 is 0 Å². The number of nitrogens with zero attached hydrogens (tertiary/aromatic N) is 3. The second-order valence-corrected chi connectivity index (χ2v) is 3.72. The summed E-state index contributed by atoms with van der Waals surface area (Å²) in [5.74, 6) is 0. The minimum Gasteiger partial charge on any atom is -0.160 e. The number of azide groups is 1. The normalized spacial score (nSPS) is 10.9. The summed E-state index contributed by atoms with van der Waals surface area (Å²) in [5, 5.41) is 3.30. The molecule has 0 aromatic heterocycles. The lowest BCUT2D eigenvalue weighted by Gasteiger charge is -2.05. The van der Waals surface area contributed by atoms with Crippen LogP contribution in [-0.2, 0) is 6.54 Å². The Kier molecular flexibility index (Phi) is 3.88. The van der Waals surface area contributed by atoms with Gasteiger partial charge in [0.25, 0.3) is 0 Å². The van der Waals surface area contributed by atoms with E-state index in [1.807, 2.05) is 0 Å². The molecular formula is C8H6F3N3S. The standard InChI is InChI=1S/C8H6F3N3S/c9-8(10,11)15-7-3-1-6(2-4-7)5-13-14-12/h1-4H,5H2. The third-order valence-corrected chi connectivity index (χ3v) is 2.21. The van der Waals surface area contributed by atoms with E-state index in [1.54, 1.807) is 0 Å². The van der Waals surface area contributed by atoms with Gasteiger partial charge in [-0.1, -0.05) is 17.2 Å². The zero-order valence-corrected chi connectivity index (χ0v) is 8.22. The second kappa shape index (κ2) is 4.95. The molecule has 0 radical (unpaired) electrons. The smallest absolute Gasteiger partial charge is 0.160 e. The predicted molar refractivity (Wildman–Crippen MR) is 51.2 cm³/mol. The van der Waals surface area contributed by atoms with Crippen LogP contribution in [0.3, 0.4) is 0 Å². The van der Waals surface area contributed by atoms with E-state index in [0.29, 0.717) is 5.56 Å². The van der Waals surface area contributed by atoms with Crippen molar-refractivity contribution < 1.29 is 13.2 Å². The van der Waals surface area contributed by atoms with Gasteiger partial charge in [0, 0.05) is 9.81 Å². The molecule has 0 aliphatic heterocycles. The maximum Gasteiger partial charge on any atom is 0.446 e. The van der Waals surface area contributed by atoms with E-state index < -0.39 is 5.51 Å². The molecule has 1 aromatic carbocycles. The predicted octanol–water partition coefficient (Wildman–Crippen LogP) is 4.11. The largest absolute Gasteiger partial charge is 0.446 e. The third-order valence-electron chi connectivity index (χ3n) is 1.47. The lowest BCUT2D eigenvalue weighted by molar-refractivity contribution is -0.0328. The van der Waals surface area contributed by atoms with Crippen molar-refractivity contribution in [3.63, 3.8) is 0 Å². The summed E-state index contributed by atoms with van der Waals surface area (Å²) in [7, 11) is 0. The van der Waals surface area contributed by atoms with Gasteiger partial charge in [0.05, 0.1) is 6.54 Å². The van der Waals surface area contributed by atoms with Gasteiger partial charge >= 0.3 is 5.51 Å². The summed E-state index contributed by atoms with van der Waals surface area (Å²) < 4.78 is 35.8. The maximum absolute atomic E-state index is 11.9. The van der Waals surface area contributed by atoms with Crippen molar-refractivity contribution in [2.75, 3.05) is 0 Å². The molecule has 1 aromatic rings. The van der Waals surface area contributed by atoms with Crippen molar-refractivity contribution in [2.45, 2.75) is 16.9 Å². The monoisotopic (exact) mass is 233 g/mol. The summed E-state index contributed by atoms with van der Waals surface area (Å²) in [6, 6.07) is 5.70. The Balaban J connectivity index is 2.68. The lowest BCUT2D eigenvalue weighted by Crippen LogP contribution is -1.98. The van der Waals surface area contributed by atoms with E-state index in [2.05, 4.69) is 10.0 Å². The minimum absolute atomic E-state index is 0.118. The Morgan fingerprint density at radius 1 is 1.27 bits per heavy atom. The third kappa shape index (κ3) is 4.62. The fourth-order valence-corrected chi connectivity index (χ4v) is 1.45. The lowest BCUT2D eigenvalue weighted by atomic mass is 10.2. The topological polar surface area (TPSA) is 48.8 Å². The number of hydrogen-bond donors (Lipinski definition) is 0. The fraction of sp³-hybridized carbons (Fsp3) is 0.250. The fourth-order valence-electron chi connectivity index (χ4n) is 0.910. The summed E-state index contributed by atoms with van der Waals surface area (Å²) in [6.07, 6.45) is 0. The zero-order valence-electron chi connectivity index (χ0n) is 7.40. The maximum atomic E-state index is 11.9. The highest BCUT2D eigenvalue weighted by Crippen LogP contribution is 2.36. The molecular weight excluding hydrogens is 227 g/mol. The van der Waals surface area contributed by atoms with E-state index in [4.69, 9.17) is 5.53 Å². The van der Waals surface area contributed by atoms with Crippen molar-refractivity contribution in [2.24, 2.45) is 5.11 Å². The van der Waals surface area contributed by atoms with E-state index in [9.17, 15) is 13.2 Å². The number of halogens is 3. The molecule has 0 unspecified atom stereocenters. The van der Waals surface area contributed by atoms with Gasteiger partial charge in [-0.05, 0) is 35.0 Å². The Morgan fingerprint density at radius 3 is 2.33 bits per heavy atom. The van der Waals surface area contributed by atoms with Gasteiger partial charge in [-0.15, -0.1) is 0 Å². The first-order chi connectivity index (χ1) is 7.01. The van der Waals surface area contributed by atoms with Crippen LogP contribution in [0.2, 0.25) is 0 Å². The van der Waals surface area contributed by atoms with E-state index in [0.717, 1.165) is 0 Å². The number of thioether (sulfide) groups is 1. The van der Waals surface area contributed by atoms with Gasteiger partial charge in [0.2, 0.25) is 0 Å². The van der Waals surface area contributed by atoms with Crippen molar-refractivity contribution >= 4 is 11.8 Å². The molecule has 15 heavy (non-hydrogen) atoms. The summed E-state index contributed by atoms with van der Waals surface area (Å²) in [4.78, 5) is 2.67. The quantitative estimate of drug-likeness (QED) is 0.335. The molecule has 0 saturated carbocycles. The minimum atomic E-state index is -4.27. The van der Waals surface area contributed by atoms with Crippen LogP contribution in [0.25, 0.3) is 10.4 Å². The first-order valence-electron chi connectivity index (χ1n) is 3.87. The summed E-state index contributed by atoms with van der Waals surface area (Å²) >= 11 is -0.170. The van der Waals surface area contributed by atoms with Crippen LogP contribution in [0.5, 0.6) is 0 Å². The number of hydrogen-bond acceptors (Lipinski definition) is 2. The molecule has 7 heteroatoms. The van der Waals surface area contributed by atoms with Crippen molar-refractivity contribution in [1.82, 2.24) is 0 Å². The number of alkyl halides is 3. The summed E-state index contributed by atoms with van der Waals surface area (Å²) in [6.45, 7) is 0.146. The van der Waals surface area contributed by atoms with Crippen LogP contribution in [0, 0.1) is 0 Å². The van der Waals surface area contributed by atoms with Gasteiger partial charge in [0.1, 0.15) is 0 Å². The highest BCUT2D eigenvalue weighted by molar-refractivity contribution is 8.00. The Bertz CT molecular complexity index is 368. The van der Waals surface area contributed by atoms with Crippen molar-refractivity contribution in [1.29, 1.82) is 0 Å². The first-order valence-corrected chi connectivity index (χ1v) is 4.68. The molecule has 0 heterocycles. The number of rotatable bonds is 3. The molecule has 0 N–H and O–H groups in total. The van der Waals surface area contributed by atoms with Crippen molar-refractivity contribution in [3.05, 3.63) is 40.3 Å². The molecule has 0 fully saturated rings. The second-order valence-electron chi connectivity index (χ2n) is 2.58. The Hall–Kier alpha value is -1.33. The molecule has 0 amide bonds. The van der Waals surface area contributed by atoms with Crippen LogP contribution in [-0.4, -0.2) is 5.51 Å². The van der Waals surface area contributed by atoms with Gasteiger partial charge < -0.3 is 0 Å². The van der Waals surface area contributed by atoms with E-state index in [1.165, 1.54) is 24.3 Å². The average molecular weight is 233 g/mol. The van der Waals surface area contributed by atoms with Crippen molar-refractivity contribution in [3.8, 4) is 0 Å². The molecule has 0 bridgehead atoms. The summed E-state index contributed by atoms with van der Waals surface area (Å²) in [5.41, 5.74) is 4.45. The Morgan fingerprint density at radius 2 is 1.87 bits per heavy atom. The molecule has 1 rings (SSSR count). The SMILES string of the molecule is [N-]=[N+]=NCc1ccc(SC(F)(F)F)cc1. The molecule has 0 spiro atoms. The molecule has 3 nitrogen and oxygen atoms in total. The molecule has 0 saturated heterocycles. The molecule has 0 aliphatic rings. The van der Waals surface area contributed by atoms with Crippen LogP contribution in [0.4, 0.5) is 13.2 Å². The average Bonchev–Trinajstić information content (AvgIpc) is 2.14. The highest BCUT2D eigenvalue weighted by atomic mass is 32.2. The van der Waals surface area contributed by atoms with Crippen LogP contribution in [0.1, 0.15) is 5.56 Å². The van der Waals surface area contributed by atoms with Crippen LogP contribution < -0.4 is 0 Å². The number of benzene rings is 1. The molecule has 80 valence electrons. The molecule has 0 atom stereocenters. The van der Waals surface area contributed by atoms with Gasteiger partial charge in [-0.3, -0.25) is 0 Å². The van der Waals surface area contributed by atoms with Gasteiger partial charge in [0.15, 0.2) is 0 Å². The first kappa shape index (κ1) is 11.7. The van der Waals surface area contributed by atoms with Crippen LogP contribution >= 0.6 is 11.8 Å².